The highest BCUT2D eigenvalue weighted by atomic mass is 16.5. The van der Waals surface area contributed by atoms with E-state index in [0.29, 0.717) is 5.92 Å². The van der Waals surface area contributed by atoms with Crippen LogP contribution in [0.5, 0.6) is 5.75 Å². The Morgan fingerprint density at radius 3 is 2.63 bits per heavy atom. The smallest absolute Gasteiger partial charge is 0.137 e. The maximum atomic E-state index is 6.21. The summed E-state index contributed by atoms with van der Waals surface area (Å²) in [6.45, 7) is 7.90. The SMILES string of the molecule is Cc1cc(NCCN2CCC(COc3ccc4c(NCCCc5ccccc5)ncnc4c3)CC2)ccn1. The van der Waals surface area contributed by atoms with Crippen LogP contribution in [0.2, 0.25) is 0 Å². The number of nitrogens with zero attached hydrogens (tertiary/aromatic N) is 4. The van der Waals surface area contributed by atoms with Gasteiger partial charge in [0.2, 0.25) is 0 Å². The zero-order valence-corrected chi connectivity index (χ0v) is 22.3. The number of nitrogens with one attached hydrogen (secondary N) is 2. The topological polar surface area (TPSA) is 75.2 Å². The number of piperidine rings is 1. The van der Waals surface area contributed by atoms with Crippen LogP contribution in [-0.4, -0.2) is 59.2 Å². The number of fused-ring (bicyclic) bond motifs is 1. The summed E-state index contributed by atoms with van der Waals surface area (Å²) in [4.78, 5) is 15.8. The van der Waals surface area contributed by atoms with Gasteiger partial charge in [0.15, 0.2) is 0 Å². The average Bonchev–Trinajstić information content (AvgIpc) is 2.95. The normalized spacial score (nSPS) is 14.4. The number of aryl methyl sites for hydroxylation is 2. The van der Waals surface area contributed by atoms with Crippen molar-refractivity contribution < 1.29 is 4.74 Å². The van der Waals surface area contributed by atoms with Crippen LogP contribution >= 0.6 is 0 Å². The van der Waals surface area contributed by atoms with Gasteiger partial charge in [-0.3, -0.25) is 4.98 Å². The molecular formula is C31H38N6O. The monoisotopic (exact) mass is 510 g/mol. The second-order valence-electron chi connectivity index (χ2n) is 10.1. The maximum absolute atomic E-state index is 6.21. The van der Waals surface area contributed by atoms with Crippen molar-refractivity contribution in [1.29, 1.82) is 0 Å². The van der Waals surface area contributed by atoms with E-state index in [1.54, 1.807) is 6.33 Å². The van der Waals surface area contributed by atoms with E-state index >= 15 is 0 Å². The van der Waals surface area contributed by atoms with E-state index in [2.05, 4.69) is 72.9 Å². The quantitative estimate of drug-likeness (QED) is 0.241. The molecule has 3 heterocycles. The van der Waals surface area contributed by atoms with Gasteiger partial charge in [-0.2, -0.15) is 0 Å². The van der Waals surface area contributed by atoms with Gasteiger partial charge in [0.1, 0.15) is 17.9 Å². The first-order valence-electron chi connectivity index (χ1n) is 13.8. The Bertz CT molecular complexity index is 1290. The first-order chi connectivity index (χ1) is 18.7. The Kier molecular flexibility index (Phi) is 9.00. The lowest BCUT2D eigenvalue weighted by Crippen LogP contribution is -2.38. The second kappa shape index (κ2) is 13.2. The minimum Gasteiger partial charge on any atom is -0.493 e. The number of aromatic nitrogens is 3. The first kappa shape index (κ1) is 25.9. The molecule has 5 rings (SSSR count). The van der Waals surface area contributed by atoms with E-state index in [1.807, 2.05) is 31.3 Å². The highest BCUT2D eigenvalue weighted by molar-refractivity contribution is 5.89. The van der Waals surface area contributed by atoms with Crippen molar-refractivity contribution in [3.05, 3.63) is 84.4 Å². The van der Waals surface area contributed by atoms with Crippen molar-refractivity contribution in [2.75, 3.05) is 50.0 Å². The molecule has 1 fully saturated rings. The molecule has 2 N–H and O–H groups in total. The third-order valence-corrected chi connectivity index (χ3v) is 7.23. The predicted molar refractivity (Wildman–Crippen MR) is 155 cm³/mol. The van der Waals surface area contributed by atoms with E-state index < -0.39 is 0 Å². The molecule has 0 atom stereocenters. The molecule has 1 saturated heterocycles. The van der Waals surface area contributed by atoms with Gasteiger partial charge < -0.3 is 20.3 Å². The molecule has 4 aromatic rings. The van der Waals surface area contributed by atoms with Crippen molar-refractivity contribution >= 4 is 22.4 Å². The maximum Gasteiger partial charge on any atom is 0.137 e. The van der Waals surface area contributed by atoms with Crippen molar-refractivity contribution in [2.24, 2.45) is 5.92 Å². The number of rotatable bonds is 12. The van der Waals surface area contributed by atoms with E-state index in [0.717, 1.165) is 86.0 Å². The molecule has 0 unspecified atom stereocenters. The zero-order valence-electron chi connectivity index (χ0n) is 22.3. The number of hydrogen-bond donors (Lipinski definition) is 2. The Morgan fingerprint density at radius 1 is 0.921 bits per heavy atom. The molecule has 198 valence electrons. The van der Waals surface area contributed by atoms with E-state index in [4.69, 9.17) is 4.74 Å². The van der Waals surface area contributed by atoms with Gasteiger partial charge in [0.25, 0.3) is 0 Å². The molecule has 0 aliphatic carbocycles. The Morgan fingerprint density at radius 2 is 1.79 bits per heavy atom. The van der Waals surface area contributed by atoms with Gasteiger partial charge in [0.05, 0.1) is 12.1 Å². The molecule has 0 amide bonds. The van der Waals surface area contributed by atoms with Gasteiger partial charge in [-0.1, -0.05) is 30.3 Å². The Balaban J connectivity index is 1.04. The number of anilines is 2. The lowest BCUT2D eigenvalue weighted by molar-refractivity contribution is 0.145. The first-order valence-corrected chi connectivity index (χ1v) is 13.8. The number of pyridine rings is 1. The number of benzene rings is 2. The third kappa shape index (κ3) is 7.42. The lowest BCUT2D eigenvalue weighted by atomic mass is 9.98. The molecule has 7 heteroatoms. The summed E-state index contributed by atoms with van der Waals surface area (Å²) in [6, 6.07) is 20.9. The van der Waals surface area contributed by atoms with Crippen molar-refractivity contribution in [3.8, 4) is 5.75 Å². The van der Waals surface area contributed by atoms with E-state index in [9.17, 15) is 0 Å². The fourth-order valence-electron chi connectivity index (χ4n) is 5.02. The molecule has 0 radical (unpaired) electrons. The van der Waals surface area contributed by atoms with Crippen LogP contribution in [-0.2, 0) is 6.42 Å². The summed E-state index contributed by atoms with van der Waals surface area (Å²) in [7, 11) is 0. The summed E-state index contributed by atoms with van der Waals surface area (Å²) >= 11 is 0. The van der Waals surface area contributed by atoms with Crippen molar-refractivity contribution in [2.45, 2.75) is 32.6 Å². The number of hydrogen-bond acceptors (Lipinski definition) is 7. The summed E-state index contributed by atoms with van der Waals surface area (Å²) in [5.74, 6) is 2.35. The van der Waals surface area contributed by atoms with Gasteiger partial charge in [-0.15, -0.1) is 0 Å². The molecule has 1 aliphatic rings. The van der Waals surface area contributed by atoms with Crippen LogP contribution in [0.15, 0.2) is 73.2 Å². The van der Waals surface area contributed by atoms with Crippen LogP contribution in [0.1, 0.15) is 30.5 Å². The van der Waals surface area contributed by atoms with Crippen molar-refractivity contribution in [1.82, 2.24) is 19.9 Å². The molecule has 0 saturated carbocycles. The van der Waals surface area contributed by atoms with Crippen LogP contribution in [0.25, 0.3) is 10.9 Å². The summed E-state index contributed by atoms with van der Waals surface area (Å²) in [5.41, 5.74) is 4.46. The largest absolute Gasteiger partial charge is 0.493 e. The molecule has 2 aromatic heterocycles. The molecule has 2 aromatic carbocycles. The number of likely N-dealkylation sites (tertiary alicyclic amines) is 1. The van der Waals surface area contributed by atoms with Crippen LogP contribution in [0, 0.1) is 12.8 Å². The van der Waals surface area contributed by atoms with E-state index in [-0.39, 0.29) is 0 Å². The number of ether oxygens (including phenoxy) is 1. The lowest BCUT2D eigenvalue weighted by Gasteiger charge is -2.31. The second-order valence-corrected chi connectivity index (χ2v) is 10.1. The fourth-order valence-corrected chi connectivity index (χ4v) is 5.02. The molecule has 1 aliphatic heterocycles. The minimum atomic E-state index is 0.588. The zero-order chi connectivity index (χ0) is 26.0. The molecule has 38 heavy (non-hydrogen) atoms. The average molecular weight is 511 g/mol. The van der Waals surface area contributed by atoms with Crippen molar-refractivity contribution in [3.63, 3.8) is 0 Å². The van der Waals surface area contributed by atoms with Crippen LogP contribution in [0.4, 0.5) is 11.5 Å². The van der Waals surface area contributed by atoms with Crippen LogP contribution < -0.4 is 15.4 Å². The predicted octanol–water partition coefficient (Wildman–Crippen LogP) is 5.58. The summed E-state index contributed by atoms with van der Waals surface area (Å²) in [6.07, 6.45) is 7.93. The minimum absolute atomic E-state index is 0.588. The molecule has 7 nitrogen and oxygen atoms in total. The molecule has 0 spiro atoms. The summed E-state index contributed by atoms with van der Waals surface area (Å²) in [5, 5.41) is 8.03. The summed E-state index contributed by atoms with van der Waals surface area (Å²) < 4.78 is 6.21. The highest BCUT2D eigenvalue weighted by Gasteiger charge is 2.19. The molecule has 0 bridgehead atoms. The van der Waals surface area contributed by atoms with Gasteiger partial charge in [-0.25, -0.2) is 9.97 Å². The Labute approximate surface area is 225 Å². The fraction of sp³-hybridized carbons (Fsp3) is 0.387. The standard InChI is InChI=1S/C31H38N6O/c1-24-20-27(11-15-32-24)33-16-19-37-17-12-26(13-18-37)22-38-28-9-10-29-30(21-28)35-23-36-31(29)34-14-5-8-25-6-3-2-4-7-25/h2-4,6-7,9-11,15,20-21,23,26H,5,8,12-14,16-19,22H2,1H3,(H,32,33)(H,34,35,36). The highest BCUT2D eigenvalue weighted by Crippen LogP contribution is 2.25. The molecular weight excluding hydrogens is 472 g/mol. The van der Waals surface area contributed by atoms with Gasteiger partial charge in [0, 0.05) is 48.7 Å². The Hall–Kier alpha value is -3.71. The van der Waals surface area contributed by atoms with Crippen LogP contribution in [0.3, 0.4) is 0 Å². The third-order valence-electron chi connectivity index (χ3n) is 7.23. The van der Waals surface area contributed by atoms with Gasteiger partial charge in [-0.05, 0) is 81.4 Å². The van der Waals surface area contributed by atoms with Gasteiger partial charge >= 0.3 is 0 Å². The van der Waals surface area contributed by atoms with E-state index in [1.165, 1.54) is 18.4 Å².